The normalized spacial score (nSPS) is 16.5. The van der Waals surface area contributed by atoms with Crippen LogP contribution in [0.5, 0.6) is 0 Å². The van der Waals surface area contributed by atoms with Gasteiger partial charge in [0.2, 0.25) is 0 Å². The van der Waals surface area contributed by atoms with Gasteiger partial charge in [-0.1, -0.05) is 24.3 Å². The summed E-state index contributed by atoms with van der Waals surface area (Å²) in [5, 5.41) is 9.32. The minimum absolute atomic E-state index is 0.138. The molecule has 1 unspecified atom stereocenters. The molecule has 1 aliphatic heterocycles. The molecular weight excluding hydrogens is 425 g/mol. The van der Waals surface area contributed by atoms with Crippen LogP contribution in [-0.2, 0) is 17.5 Å². The number of anilines is 1. The van der Waals surface area contributed by atoms with Crippen LogP contribution in [0.2, 0.25) is 0 Å². The number of rotatable bonds is 4. The number of amides is 2. The number of benzene rings is 2. The quantitative estimate of drug-likeness (QED) is 0.621. The maximum absolute atomic E-state index is 12.8. The number of carboxylic acid groups (broad SMARTS) is 1. The van der Waals surface area contributed by atoms with E-state index in [0.717, 1.165) is 41.0 Å². The monoisotopic (exact) mass is 450 g/mol. The van der Waals surface area contributed by atoms with Crippen molar-refractivity contribution >= 4 is 17.9 Å². The summed E-state index contributed by atoms with van der Waals surface area (Å²) in [5.41, 5.74) is 1.85. The van der Waals surface area contributed by atoms with E-state index in [1.807, 2.05) is 19.1 Å². The summed E-state index contributed by atoms with van der Waals surface area (Å²) in [7, 11) is 1.46. The number of halogens is 3. The second-order valence-corrected chi connectivity index (χ2v) is 7.84. The lowest BCUT2D eigenvalue weighted by Crippen LogP contribution is -2.39. The van der Waals surface area contributed by atoms with Gasteiger partial charge in [-0.25, -0.2) is 9.59 Å². The van der Waals surface area contributed by atoms with Crippen molar-refractivity contribution in [2.45, 2.75) is 45.0 Å². The molecule has 32 heavy (non-hydrogen) atoms. The number of carbonyl (C=O) groups is 2. The molecule has 9 heteroatoms. The second-order valence-electron chi connectivity index (χ2n) is 7.84. The fraction of sp³-hybridized carbons (Fsp3) is 0.391. The molecule has 1 fully saturated rings. The highest BCUT2D eigenvalue weighted by molar-refractivity contribution is 5.86. The fourth-order valence-corrected chi connectivity index (χ4v) is 3.81. The van der Waals surface area contributed by atoms with Crippen molar-refractivity contribution in [1.82, 2.24) is 4.90 Å². The second kappa shape index (κ2) is 9.50. The molecule has 3 rings (SSSR count). The first-order chi connectivity index (χ1) is 15.1. The first-order valence-electron chi connectivity index (χ1n) is 10.2. The van der Waals surface area contributed by atoms with Crippen LogP contribution in [0.1, 0.15) is 47.6 Å². The van der Waals surface area contributed by atoms with Gasteiger partial charge in [-0.15, -0.1) is 0 Å². The molecule has 172 valence electrons. The fourth-order valence-electron chi connectivity index (χ4n) is 3.81. The summed E-state index contributed by atoms with van der Waals surface area (Å²) in [6.07, 6.45) is -3.64. The van der Waals surface area contributed by atoms with Gasteiger partial charge in [-0.2, -0.15) is 13.2 Å². The molecule has 0 aromatic heterocycles. The third kappa shape index (κ3) is 5.33. The Hall–Kier alpha value is -3.23. The number of carbonyl (C=O) groups excluding carboxylic acids is 1. The van der Waals surface area contributed by atoms with Crippen molar-refractivity contribution in [3.63, 3.8) is 0 Å². The Labute approximate surface area is 184 Å². The number of alkyl halides is 3. The molecule has 0 bridgehead atoms. The van der Waals surface area contributed by atoms with Crippen molar-refractivity contribution < 1.29 is 32.6 Å². The van der Waals surface area contributed by atoms with Gasteiger partial charge in [0, 0.05) is 19.3 Å². The molecule has 2 amide bonds. The molecule has 1 N–H and O–H groups in total. The number of hydrogen-bond acceptors (Lipinski definition) is 3. The first-order valence-corrected chi connectivity index (χ1v) is 10.2. The molecule has 6 nitrogen and oxygen atoms in total. The van der Waals surface area contributed by atoms with E-state index < -0.39 is 23.9 Å². The number of likely N-dealkylation sites (tertiary alicyclic amines) is 1. The van der Waals surface area contributed by atoms with Crippen LogP contribution in [0.15, 0.2) is 42.5 Å². The summed E-state index contributed by atoms with van der Waals surface area (Å²) in [4.78, 5) is 26.9. The average molecular weight is 450 g/mol. The number of aryl methyl sites for hydroxylation is 1. The Balaban J connectivity index is 1.73. The molecule has 1 atom stereocenters. The van der Waals surface area contributed by atoms with Gasteiger partial charge in [0.05, 0.1) is 11.6 Å². The smallest absolute Gasteiger partial charge is 0.416 e. The maximum atomic E-state index is 12.8. The maximum Gasteiger partial charge on any atom is 0.416 e. The topological polar surface area (TPSA) is 70.1 Å². The molecule has 1 saturated heterocycles. The van der Waals surface area contributed by atoms with E-state index in [0.29, 0.717) is 24.2 Å². The van der Waals surface area contributed by atoms with Gasteiger partial charge in [-0.05, 0) is 61.1 Å². The Kier molecular flexibility index (Phi) is 6.96. The molecule has 0 radical (unpaired) electrons. The summed E-state index contributed by atoms with van der Waals surface area (Å²) >= 11 is 0. The zero-order valence-electron chi connectivity index (χ0n) is 17.9. The molecule has 1 heterocycles. The molecular formula is C23H25F3N2O4. The Morgan fingerprint density at radius 3 is 2.47 bits per heavy atom. The Morgan fingerprint density at radius 1 is 1.16 bits per heavy atom. The Morgan fingerprint density at radius 2 is 1.84 bits per heavy atom. The van der Waals surface area contributed by atoms with Gasteiger partial charge in [-0.3, -0.25) is 4.90 Å². The Bertz CT molecular complexity index is 976. The minimum atomic E-state index is -4.42. The molecule has 2 aromatic rings. The molecule has 0 saturated carbocycles. The third-order valence-corrected chi connectivity index (χ3v) is 5.65. The lowest BCUT2D eigenvalue weighted by Gasteiger charge is -2.35. The van der Waals surface area contributed by atoms with Crippen LogP contribution in [-0.4, -0.2) is 35.8 Å². The van der Waals surface area contributed by atoms with Gasteiger partial charge in [0.25, 0.3) is 0 Å². The highest BCUT2D eigenvalue weighted by Gasteiger charge is 2.31. The van der Waals surface area contributed by atoms with Gasteiger partial charge >= 0.3 is 18.4 Å². The van der Waals surface area contributed by atoms with Crippen LogP contribution < -0.4 is 4.90 Å². The van der Waals surface area contributed by atoms with E-state index >= 15 is 0 Å². The van der Waals surface area contributed by atoms with E-state index in [-0.39, 0.29) is 12.6 Å². The molecule has 0 spiro atoms. The van der Waals surface area contributed by atoms with Crippen LogP contribution in [0.25, 0.3) is 0 Å². The van der Waals surface area contributed by atoms with Crippen LogP contribution in [0, 0.1) is 6.92 Å². The van der Waals surface area contributed by atoms with E-state index in [4.69, 9.17) is 4.74 Å². The van der Waals surface area contributed by atoms with E-state index in [9.17, 15) is 27.9 Å². The minimum Gasteiger partial charge on any atom is -0.465 e. The number of ether oxygens (including phenoxy) is 1. The standard InChI is InChI=1S/C23H25F3N2O4/c1-15-6-9-17(13-20(15)27(2)21(29)30)19-5-3-4-12-28(19)22(31)32-14-16-7-10-18(11-8-16)23(24,25)26/h6-11,13,19H,3-5,12,14H2,1-2H3,(H,29,30). The molecule has 1 aliphatic rings. The van der Waals surface area contributed by atoms with Gasteiger partial charge < -0.3 is 14.7 Å². The van der Waals surface area contributed by atoms with E-state index in [1.165, 1.54) is 19.2 Å². The summed E-state index contributed by atoms with van der Waals surface area (Å²) in [5.74, 6) is 0. The predicted molar refractivity (Wildman–Crippen MR) is 113 cm³/mol. The van der Waals surface area contributed by atoms with Gasteiger partial charge in [0.1, 0.15) is 6.61 Å². The number of piperidine rings is 1. The lowest BCUT2D eigenvalue weighted by atomic mass is 9.94. The van der Waals surface area contributed by atoms with E-state index in [1.54, 1.807) is 11.0 Å². The van der Waals surface area contributed by atoms with E-state index in [2.05, 4.69) is 0 Å². The summed E-state index contributed by atoms with van der Waals surface area (Å²) in [6.45, 7) is 2.16. The van der Waals surface area contributed by atoms with Crippen molar-refractivity contribution in [2.24, 2.45) is 0 Å². The molecule has 2 aromatic carbocycles. The average Bonchev–Trinajstić information content (AvgIpc) is 2.77. The SMILES string of the molecule is Cc1ccc(C2CCCCN2C(=O)OCc2ccc(C(F)(F)F)cc2)cc1N(C)C(=O)O. The zero-order chi connectivity index (χ0) is 23.5. The third-order valence-electron chi connectivity index (χ3n) is 5.65. The lowest BCUT2D eigenvalue weighted by molar-refractivity contribution is -0.137. The van der Waals surface area contributed by atoms with Gasteiger partial charge in [0.15, 0.2) is 0 Å². The van der Waals surface area contributed by atoms with Crippen molar-refractivity contribution in [1.29, 1.82) is 0 Å². The number of hydrogen-bond donors (Lipinski definition) is 1. The summed E-state index contributed by atoms with van der Waals surface area (Å²) < 4.78 is 43.5. The highest BCUT2D eigenvalue weighted by Crippen LogP contribution is 2.34. The predicted octanol–water partition coefficient (Wildman–Crippen LogP) is 5.99. The first kappa shape index (κ1) is 23.4. The highest BCUT2D eigenvalue weighted by atomic mass is 19.4. The van der Waals surface area contributed by atoms with Crippen molar-refractivity contribution in [3.8, 4) is 0 Å². The van der Waals surface area contributed by atoms with Crippen LogP contribution >= 0.6 is 0 Å². The zero-order valence-corrected chi connectivity index (χ0v) is 17.9. The van der Waals surface area contributed by atoms with Crippen LogP contribution in [0.4, 0.5) is 28.4 Å². The summed E-state index contributed by atoms with van der Waals surface area (Å²) in [6, 6.07) is 9.69. The van der Waals surface area contributed by atoms with Crippen molar-refractivity contribution in [2.75, 3.05) is 18.5 Å². The molecule has 0 aliphatic carbocycles. The largest absolute Gasteiger partial charge is 0.465 e. The van der Waals surface area contributed by atoms with Crippen molar-refractivity contribution in [3.05, 3.63) is 64.7 Å². The number of nitrogens with zero attached hydrogens (tertiary/aromatic N) is 2. The van der Waals surface area contributed by atoms with Crippen LogP contribution in [0.3, 0.4) is 0 Å².